The Balaban J connectivity index is 1.82. The largest absolute Gasteiger partial charge is 0.507 e. The maximum atomic E-state index is 15.2. The summed E-state index contributed by atoms with van der Waals surface area (Å²) in [5.41, 5.74) is 3.92. The minimum absolute atomic E-state index is 0.0217. The number of allylic oxidation sites excluding steroid dienone is 2. The lowest BCUT2D eigenvalue weighted by molar-refractivity contribution is -0.116. The first-order valence-corrected chi connectivity index (χ1v) is 12.5. The van der Waals surface area contributed by atoms with Crippen molar-refractivity contribution in [1.82, 2.24) is 0 Å². The molecule has 0 aromatic heterocycles. The van der Waals surface area contributed by atoms with Crippen LogP contribution >= 0.6 is 11.6 Å². The number of nitrogens with one attached hydrogen (secondary N) is 1. The lowest BCUT2D eigenvalue weighted by Crippen LogP contribution is -2.42. The molecule has 3 aromatic carbocycles. The van der Waals surface area contributed by atoms with Crippen LogP contribution in [0.5, 0.6) is 0 Å². The Hall–Kier alpha value is -3.70. The Morgan fingerprint density at radius 3 is 2.42 bits per heavy atom. The Bertz CT molecular complexity index is 1410. The number of ketones is 1. The topological polar surface area (TPSA) is 64.4 Å². The van der Waals surface area contributed by atoms with Gasteiger partial charge in [-0.1, -0.05) is 48.9 Å². The summed E-state index contributed by atoms with van der Waals surface area (Å²) < 4.78 is 15.2. The number of rotatable bonds is 4. The number of benzene rings is 3. The van der Waals surface area contributed by atoms with Crippen molar-refractivity contribution in [3.63, 3.8) is 0 Å². The molecule has 4 nitrogen and oxygen atoms in total. The molecule has 0 amide bonds. The maximum absolute atomic E-state index is 15.2. The summed E-state index contributed by atoms with van der Waals surface area (Å²) in [7, 11) is 0. The van der Waals surface area contributed by atoms with Crippen molar-refractivity contribution in [2.75, 3.05) is 4.90 Å². The fourth-order valence-electron chi connectivity index (χ4n) is 5.14. The van der Waals surface area contributed by atoms with Gasteiger partial charge in [-0.15, -0.1) is 0 Å². The molecular formula is C30H26ClFN2O2. The molecule has 0 saturated carbocycles. The van der Waals surface area contributed by atoms with Crippen LogP contribution in [0.1, 0.15) is 48.8 Å². The van der Waals surface area contributed by atoms with Gasteiger partial charge in [-0.3, -0.25) is 15.1 Å². The van der Waals surface area contributed by atoms with Gasteiger partial charge in [-0.2, -0.15) is 0 Å². The number of nitrogens with zero attached hydrogens (tertiary/aromatic N) is 1. The van der Waals surface area contributed by atoms with E-state index in [1.54, 1.807) is 47.4 Å². The van der Waals surface area contributed by atoms with Gasteiger partial charge < -0.3 is 5.11 Å². The lowest BCUT2D eigenvalue weighted by atomic mass is 9.73. The lowest BCUT2D eigenvalue weighted by Gasteiger charge is -2.41. The second kappa shape index (κ2) is 9.75. The number of aryl methyl sites for hydroxylation is 1. The van der Waals surface area contributed by atoms with Gasteiger partial charge in [0.25, 0.3) is 0 Å². The molecule has 0 bridgehead atoms. The van der Waals surface area contributed by atoms with Gasteiger partial charge in [-0.05, 0) is 67.3 Å². The van der Waals surface area contributed by atoms with E-state index in [1.165, 1.54) is 6.07 Å². The molecule has 0 saturated heterocycles. The predicted octanol–water partition coefficient (Wildman–Crippen LogP) is 7.60. The molecule has 182 valence electrons. The van der Waals surface area contributed by atoms with Gasteiger partial charge in [0.1, 0.15) is 17.4 Å². The number of carbonyl (C=O) groups is 1. The van der Waals surface area contributed by atoms with Crippen molar-refractivity contribution >= 4 is 34.7 Å². The minimum atomic E-state index is -0.900. The first-order valence-electron chi connectivity index (χ1n) is 12.1. The van der Waals surface area contributed by atoms with E-state index in [0.29, 0.717) is 41.1 Å². The summed E-state index contributed by atoms with van der Waals surface area (Å²) in [6, 6.07) is 20.7. The number of aliphatic hydroxyl groups is 1. The van der Waals surface area contributed by atoms with E-state index in [9.17, 15) is 15.3 Å². The van der Waals surface area contributed by atoms with Gasteiger partial charge in [0.2, 0.25) is 0 Å². The van der Waals surface area contributed by atoms with Crippen molar-refractivity contribution in [2.45, 2.75) is 38.5 Å². The second-order valence-corrected chi connectivity index (χ2v) is 9.50. The van der Waals surface area contributed by atoms with Crippen molar-refractivity contribution < 1.29 is 14.3 Å². The highest BCUT2D eigenvalue weighted by atomic mass is 35.5. The SMILES string of the molecule is CCc1ccc(N2C(=N)/C(=C(/O)c3ccc(Cl)cc3)C(c3ccccc3F)C3=C2CCCC3=O)cc1. The Morgan fingerprint density at radius 2 is 1.75 bits per heavy atom. The summed E-state index contributed by atoms with van der Waals surface area (Å²) in [4.78, 5) is 15.2. The zero-order chi connectivity index (χ0) is 25.4. The van der Waals surface area contributed by atoms with E-state index in [4.69, 9.17) is 11.6 Å². The molecule has 1 heterocycles. The van der Waals surface area contributed by atoms with E-state index in [2.05, 4.69) is 6.92 Å². The zero-order valence-corrected chi connectivity index (χ0v) is 20.6. The molecule has 1 atom stereocenters. The smallest absolute Gasteiger partial charge is 0.161 e. The van der Waals surface area contributed by atoms with Crippen molar-refractivity contribution in [3.05, 3.63) is 117 Å². The standard InChI is InChI=1S/C30H26ClFN2O2/c1-2-18-10-16-21(17-11-18)34-24-8-5-9-25(35)27(24)26(22-6-3-4-7-23(22)32)28(30(34)33)29(36)19-12-14-20(31)15-13-19/h3-4,6-7,10-17,26,33,36H,2,5,8-9H2,1H3/b29-28+,33-30?. The highest BCUT2D eigenvalue weighted by Gasteiger charge is 2.44. The van der Waals surface area contributed by atoms with Crippen LogP contribution in [-0.2, 0) is 11.2 Å². The Kier molecular flexibility index (Phi) is 6.50. The van der Waals surface area contributed by atoms with E-state index < -0.39 is 11.7 Å². The first-order chi connectivity index (χ1) is 17.4. The molecule has 6 heteroatoms. The van der Waals surface area contributed by atoms with Crippen LogP contribution in [-0.4, -0.2) is 16.7 Å². The molecule has 1 unspecified atom stereocenters. The number of carbonyl (C=O) groups excluding carboxylic acids is 1. The second-order valence-electron chi connectivity index (χ2n) is 9.06. The van der Waals surface area contributed by atoms with Crippen LogP contribution in [0.3, 0.4) is 0 Å². The minimum Gasteiger partial charge on any atom is -0.507 e. The van der Waals surface area contributed by atoms with E-state index in [-0.39, 0.29) is 28.5 Å². The number of anilines is 1. The summed E-state index contributed by atoms with van der Waals surface area (Å²) >= 11 is 6.06. The number of hydrogen-bond donors (Lipinski definition) is 2. The van der Waals surface area contributed by atoms with Crippen LogP contribution in [0.2, 0.25) is 5.02 Å². The average molecular weight is 501 g/mol. The maximum Gasteiger partial charge on any atom is 0.161 e. The molecule has 0 fully saturated rings. The van der Waals surface area contributed by atoms with Crippen LogP contribution < -0.4 is 4.90 Å². The summed E-state index contributed by atoms with van der Waals surface area (Å²) in [5.74, 6) is -1.63. The highest BCUT2D eigenvalue weighted by Crippen LogP contribution is 2.48. The molecule has 2 N–H and O–H groups in total. The third kappa shape index (κ3) is 4.14. The van der Waals surface area contributed by atoms with Gasteiger partial charge >= 0.3 is 0 Å². The predicted molar refractivity (Wildman–Crippen MR) is 142 cm³/mol. The fourth-order valence-corrected chi connectivity index (χ4v) is 5.27. The van der Waals surface area contributed by atoms with E-state index >= 15 is 4.39 Å². The third-order valence-corrected chi connectivity index (χ3v) is 7.20. The van der Waals surface area contributed by atoms with Crippen LogP contribution in [0, 0.1) is 11.2 Å². The quantitative estimate of drug-likeness (QED) is 0.362. The van der Waals surface area contributed by atoms with Crippen molar-refractivity contribution in [2.24, 2.45) is 0 Å². The molecular weight excluding hydrogens is 475 g/mol. The highest BCUT2D eigenvalue weighted by molar-refractivity contribution is 6.30. The number of hydrogen-bond acceptors (Lipinski definition) is 3. The van der Waals surface area contributed by atoms with Gasteiger partial charge in [0, 0.05) is 51.0 Å². The Labute approximate surface area is 214 Å². The molecule has 5 rings (SSSR count). The Morgan fingerprint density at radius 1 is 1.06 bits per heavy atom. The normalized spacial score (nSPS) is 19.4. The fraction of sp³-hybridized carbons (Fsp3) is 0.200. The third-order valence-electron chi connectivity index (χ3n) is 6.95. The van der Waals surface area contributed by atoms with Crippen molar-refractivity contribution in [1.29, 1.82) is 5.41 Å². The number of amidine groups is 1. The molecule has 2 aliphatic rings. The molecule has 36 heavy (non-hydrogen) atoms. The van der Waals surface area contributed by atoms with Gasteiger partial charge in [-0.25, -0.2) is 4.39 Å². The number of Topliss-reactive ketones (excluding diaryl/α,β-unsaturated/α-hetero) is 1. The summed E-state index contributed by atoms with van der Waals surface area (Å²) in [6.07, 6.45) is 2.45. The summed E-state index contributed by atoms with van der Waals surface area (Å²) in [5, 5.41) is 21.4. The molecule has 0 radical (unpaired) electrons. The van der Waals surface area contributed by atoms with Crippen LogP contribution in [0.4, 0.5) is 10.1 Å². The summed E-state index contributed by atoms with van der Waals surface area (Å²) in [6.45, 7) is 2.07. The molecule has 1 aliphatic heterocycles. The average Bonchev–Trinajstić information content (AvgIpc) is 2.89. The molecule has 3 aromatic rings. The van der Waals surface area contributed by atoms with E-state index in [1.807, 2.05) is 24.3 Å². The van der Waals surface area contributed by atoms with Crippen LogP contribution in [0.25, 0.3) is 5.76 Å². The van der Waals surface area contributed by atoms with Crippen LogP contribution in [0.15, 0.2) is 89.6 Å². The number of aliphatic hydroxyl groups excluding tert-OH is 1. The van der Waals surface area contributed by atoms with Gasteiger partial charge in [0.05, 0.1) is 0 Å². The zero-order valence-electron chi connectivity index (χ0n) is 19.9. The van der Waals surface area contributed by atoms with Crippen molar-refractivity contribution in [3.8, 4) is 0 Å². The number of halogens is 2. The first kappa shape index (κ1) is 24.0. The molecule has 1 aliphatic carbocycles. The van der Waals surface area contributed by atoms with Gasteiger partial charge in [0.15, 0.2) is 5.78 Å². The monoisotopic (exact) mass is 500 g/mol. The molecule has 0 spiro atoms. The van der Waals surface area contributed by atoms with E-state index in [0.717, 1.165) is 17.7 Å².